The van der Waals surface area contributed by atoms with Crippen molar-refractivity contribution < 1.29 is 13.5 Å². The van der Waals surface area contributed by atoms with Gasteiger partial charge in [0.15, 0.2) is 22.1 Å². The lowest BCUT2D eigenvalue weighted by Gasteiger charge is -2.08. The van der Waals surface area contributed by atoms with E-state index in [4.69, 9.17) is 17.0 Å². The van der Waals surface area contributed by atoms with E-state index in [-0.39, 0.29) is 10.5 Å². The van der Waals surface area contributed by atoms with Gasteiger partial charge in [0.1, 0.15) is 5.69 Å². The molecule has 3 aromatic rings. The summed E-state index contributed by atoms with van der Waals surface area (Å²) < 4.78 is 35.0. The molecule has 2 aromatic heterocycles. The van der Waals surface area contributed by atoms with Crippen LogP contribution in [0, 0.1) is 16.4 Å². The number of benzene rings is 1. The van der Waals surface area contributed by atoms with Gasteiger partial charge >= 0.3 is 0 Å². The number of nitrogens with one attached hydrogen (secondary N) is 1. The quantitative estimate of drug-likeness (QED) is 0.688. The fraction of sp³-hybridized carbons (Fsp3) is 0.0769. The summed E-state index contributed by atoms with van der Waals surface area (Å²) in [6, 6.07) is 5.65. The summed E-state index contributed by atoms with van der Waals surface area (Å²) >= 11 is 8.19. The summed E-state index contributed by atoms with van der Waals surface area (Å²) in [6.45, 7) is 0. The van der Waals surface area contributed by atoms with E-state index in [1.54, 1.807) is 12.1 Å². The molecule has 0 amide bonds. The molecule has 0 aliphatic heterocycles. The van der Waals surface area contributed by atoms with Crippen molar-refractivity contribution in [1.82, 2.24) is 14.5 Å². The topological polar surface area (TPSA) is 42.8 Å². The minimum absolute atomic E-state index is 0.144. The van der Waals surface area contributed by atoms with Crippen LogP contribution in [-0.4, -0.2) is 21.6 Å². The van der Waals surface area contributed by atoms with Crippen LogP contribution in [0.15, 0.2) is 28.7 Å². The monoisotopic (exact) mass is 371 g/mol. The van der Waals surface area contributed by atoms with Crippen LogP contribution in [-0.2, 0) is 0 Å². The summed E-state index contributed by atoms with van der Waals surface area (Å²) in [5, 5.41) is 0. The summed E-state index contributed by atoms with van der Waals surface area (Å²) in [5.41, 5.74) is 0.567. The Morgan fingerprint density at radius 1 is 1.29 bits per heavy atom. The highest BCUT2D eigenvalue weighted by Crippen LogP contribution is 2.27. The molecule has 1 N–H and O–H groups in total. The number of nitrogens with zero attached hydrogens (tertiary/aromatic N) is 2. The zero-order chi connectivity index (χ0) is 15.1. The third-order valence-electron chi connectivity index (χ3n) is 2.92. The van der Waals surface area contributed by atoms with Crippen LogP contribution in [0.4, 0.5) is 8.78 Å². The van der Waals surface area contributed by atoms with Gasteiger partial charge in [-0.25, -0.2) is 8.78 Å². The number of imidazole rings is 1. The Morgan fingerprint density at radius 3 is 2.57 bits per heavy atom. The number of hydrogen-bond donors (Lipinski definition) is 1. The molecule has 108 valence electrons. The number of H-pyrrole nitrogens is 1. The maximum atomic E-state index is 14.2. The molecule has 1 aromatic carbocycles. The molecule has 8 heteroatoms. The number of methoxy groups -OCH3 is 1. The highest BCUT2D eigenvalue weighted by Gasteiger charge is 2.17. The van der Waals surface area contributed by atoms with Crippen LogP contribution >= 0.6 is 28.1 Å². The average molecular weight is 372 g/mol. The molecule has 0 aliphatic carbocycles. The first-order chi connectivity index (χ1) is 10.0. The summed E-state index contributed by atoms with van der Waals surface area (Å²) in [5.74, 6) is -1.17. The lowest BCUT2D eigenvalue weighted by atomic mass is 10.3. The Labute approximate surface area is 131 Å². The molecule has 0 atom stereocenters. The smallest absolute Gasteiger partial charge is 0.215 e. The van der Waals surface area contributed by atoms with Gasteiger partial charge in [-0.05, 0) is 30.4 Å². The number of aromatic amines is 1. The lowest BCUT2D eigenvalue weighted by Crippen LogP contribution is -2.03. The van der Waals surface area contributed by atoms with Crippen LogP contribution in [0.2, 0.25) is 0 Å². The number of hydrogen-bond acceptors (Lipinski definition) is 3. The van der Waals surface area contributed by atoms with Crippen molar-refractivity contribution in [1.29, 1.82) is 0 Å². The van der Waals surface area contributed by atoms with E-state index in [9.17, 15) is 8.78 Å². The Morgan fingerprint density at radius 2 is 1.95 bits per heavy atom. The third-order valence-corrected chi connectivity index (χ3v) is 3.66. The van der Waals surface area contributed by atoms with Crippen molar-refractivity contribution >= 4 is 39.3 Å². The molecular weight excluding hydrogens is 364 g/mol. The number of aromatic nitrogens is 3. The molecule has 0 fully saturated rings. The van der Waals surface area contributed by atoms with E-state index in [2.05, 4.69) is 25.9 Å². The summed E-state index contributed by atoms with van der Waals surface area (Å²) in [7, 11) is 1.46. The van der Waals surface area contributed by atoms with Gasteiger partial charge in [0, 0.05) is 10.5 Å². The van der Waals surface area contributed by atoms with Crippen molar-refractivity contribution in [2.24, 2.45) is 0 Å². The number of fused-ring (bicyclic) bond motifs is 1. The molecule has 0 saturated carbocycles. The first kappa shape index (κ1) is 14.2. The van der Waals surface area contributed by atoms with E-state index in [1.165, 1.54) is 23.8 Å². The van der Waals surface area contributed by atoms with Gasteiger partial charge in [0.05, 0.1) is 12.6 Å². The van der Waals surface area contributed by atoms with Gasteiger partial charge < -0.3 is 9.72 Å². The van der Waals surface area contributed by atoms with Gasteiger partial charge in [0.2, 0.25) is 5.88 Å². The van der Waals surface area contributed by atoms with Crippen molar-refractivity contribution in [2.75, 3.05) is 7.11 Å². The SMILES string of the molecule is COc1ccc2[nH]c(=S)n(-c3c(F)cc(Br)cc3F)c2n1. The zero-order valence-electron chi connectivity index (χ0n) is 10.7. The molecule has 4 nitrogen and oxygen atoms in total. The number of pyridine rings is 1. The van der Waals surface area contributed by atoms with Crippen LogP contribution in [0.5, 0.6) is 5.88 Å². The predicted molar refractivity (Wildman–Crippen MR) is 80.4 cm³/mol. The molecule has 0 spiro atoms. The van der Waals surface area contributed by atoms with Gasteiger partial charge in [-0.3, -0.25) is 4.57 Å². The minimum Gasteiger partial charge on any atom is -0.481 e. The van der Waals surface area contributed by atoms with E-state index < -0.39 is 11.6 Å². The van der Waals surface area contributed by atoms with E-state index in [0.717, 1.165) is 0 Å². The number of rotatable bonds is 2. The maximum absolute atomic E-state index is 14.2. The van der Waals surface area contributed by atoms with Crippen molar-refractivity contribution in [3.63, 3.8) is 0 Å². The number of halogens is 3. The Balaban J connectivity index is 2.40. The van der Waals surface area contributed by atoms with Gasteiger partial charge in [0.25, 0.3) is 0 Å². The second kappa shape index (κ2) is 5.19. The predicted octanol–water partition coefficient (Wildman–Crippen LogP) is 4.13. The van der Waals surface area contributed by atoms with Crippen molar-refractivity contribution in [3.8, 4) is 11.6 Å². The fourth-order valence-corrected chi connectivity index (χ4v) is 2.73. The molecule has 2 heterocycles. The van der Waals surface area contributed by atoms with Crippen LogP contribution in [0.1, 0.15) is 0 Å². The van der Waals surface area contributed by atoms with E-state index >= 15 is 0 Å². The van der Waals surface area contributed by atoms with Crippen molar-refractivity contribution in [2.45, 2.75) is 0 Å². The standard InChI is InChI=1S/C13H8BrF2N3OS/c1-20-10-3-2-9-12(18-10)19(13(21)17-9)11-7(15)4-6(14)5-8(11)16/h2-5H,1H3,(H,17,21). The Hall–Kier alpha value is -1.80. The highest BCUT2D eigenvalue weighted by molar-refractivity contribution is 9.10. The molecule has 0 unspecified atom stereocenters. The van der Waals surface area contributed by atoms with E-state index in [0.29, 0.717) is 21.5 Å². The minimum atomic E-state index is -0.747. The highest BCUT2D eigenvalue weighted by atomic mass is 79.9. The van der Waals surface area contributed by atoms with Crippen molar-refractivity contribution in [3.05, 3.63) is 45.1 Å². The van der Waals surface area contributed by atoms with Crippen LogP contribution in [0.3, 0.4) is 0 Å². The van der Waals surface area contributed by atoms with E-state index in [1.807, 2.05) is 0 Å². The maximum Gasteiger partial charge on any atom is 0.215 e. The molecule has 21 heavy (non-hydrogen) atoms. The largest absolute Gasteiger partial charge is 0.481 e. The first-order valence-corrected chi connectivity index (χ1v) is 7.02. The van der Waals surface area contributed by atoms with Gasteiger partial charge in [-0.15, -0.1) is 0 Å². The first-order valence-electron chi connectivity index (χ1n) is 5.82. The molecule has 0 bridgehead atoms. The Kier molecular flexibility index (Phi) is 3.50. The Bertz CT molecular complexity index is 883. The second-order valence-electron chi connectivity index (χ2n) is 4.21. The second-order valence-corrected chi connectivity index (χ2v) is 5.51. The number of ether oxygens (including phenoxy) is 1. The summed E-state index contributed by atoms with van der Waals surface area (Å²) in [6.07, 6.45) is 0. The normalized spacial score (nSPS) is 11.0. The third kappa shape index (κ3) is 2.34. The molecule has 0 saturated heterocycles. The molecule has 0 radical (unpaired) electrons. The molecule has 0 aliphatic rings. The molecular formula is C13H8BrF2N3OS. The zero-order valence-corrected chi connectivity index (χ0v) is 13.1. The molecule has 3 rings (SSSR count). The average Bonchev–Trinajstić information content (AvgIpc) is 2.73. The van der Waals surface area contributed by atoms with Crippen LogP contribution < -0.4 is 4.74 Å². The fourth-order valence-electron chi connectivity index (χ4n) is 2.04. The van der Waals surface area contributed by atoms with Gasteiger partial charge in [-0.2, -0.15) is 4.98 Å². The summed E-state index contributed by atoms with van der Waals surface area (Å²) in [4.78, 5) is 7.05. The van der Waals surface area contributed by atoms with Crippen LogP contribution in [0.25, 0.3) is 16.9 Å². The van der Waals surface area contributed by atoms with Gasteiger partial charge in [-0.1, -0.05) is 15.9 Å². The lowest BCUT2D eigenvalue weighted by molar-refractivity contribution is 0.399.